The smallest absolute Gasteiger partial charge is 0.112 e. The van der Waals surface area contributed by atoms with Crippen LogP contribution in [0, 0.1) is 0 Å². The molecule has 0 unspecified atom stereocenters. The highest BCUT2D eigenvalue weighted by atomic mass is 15.2. The molecule has 0 amide bonds. The van der Waals surface area contributed by atoms with Gasteiger partial charge in [0.2, 0.25) is 0 Å². The van der Waals surface area contributed by atoms with Crippen molar-refractivity contribution < 1.29 is 0 Å². The van der Waals surface area contributed by atoms with Crippen molar-refractivity contribution in [3.05, 3.63) is 102 Å². The van der Waals surface area contributed by atoms with Crippen molar-refractivity contribution in [2.75, 3.05) is 5.32 Å². The van der Waals surface area contributed by atoms with Gasteiger partial charge in [0.15, 0.2) is 0 Å². The molecule has 0 spiro atoms. The summed E-state index contributed by atoms with van der Waals surface area (Å²) in [7, 11) is 0. The number of nitrogens with one attached hydrogen (secondary N) is 2. The second-order valence-electron chi connectivity index (χ2n) is 6.19. The Kier molecular flexibility index (Phi) is 3.40. The highest BCUT2D eigenvalue weighted by Gasteiger charge is 2.35. The van der Waals surface area contributed by atoms with E-state index >= 15 is 0 Å². The largest absolute Gasteiger partial charge is 0.363 e. The van der Waals surface area contributed by atoms with Crippen LogP contribution in [0.3, 0.4) is 0 Å². The minimum absolute atomic E-state index is 0.166. The van der Waals surface area contributed by atoms with E-state index in [-0.39, 0.29) is 11.7 Å². The summed E-state index contributed by atoms with van der Waals surface area (Å²) in [5.41, 5.74) is 4.67. The lowest BCUT2D eigenvalue weighted by atomic mass is 9.89. The van der Waals surface area contributed by atoms with Gasteiger partial charge in [0.1, 0.15) is 5.66 Å². The minimum atomic E-state index is -0.309. The molecule has 2 heteroatoms. The summed E-state index contributed by atoms with van der Waals surface area (Å²) in [6, 6.07) is 29.9. The van der Waals surface area contributed by atoms with Gasteiger partial charge in [-0.05, 0) is 29.7 Å². The number of anilines is 1. The molecule has 0 aliphatic carbocycles. The molecule has 23 heavy (non-hydrogen) atoms. The van der Waals surface area contributed by atoms with Crippen LogP contribution in [0.25, 0.3) is 0 Å². The Hall–Kier alpha value is -2.58. The number of hydrogen-bond acceptors (Lipinski definition) is 2. The molecule has 2 nitrogen and oxygen atoms in total. The molecular weight excluding hydrogens is 280 g/mol. The summed E-state index contributed by atoms with van der Waals surface area (Å²) in [5, 5.41) is 7.49. The maximum Gasteiger partial charge on any atom is 0.112 e. The van der Waals surface area contributed by atoms with E-state index in [1.54, 1.807) is 0 Å². The first-order valence-electron chi connectivity index (χ1n) is 8.01. The molecule has 2 N–H and O–H groups in total. The van der Waals surface area contributed by atoms with E-state index in [1.807, 2.05) is 0 Å². The molecule has 0 saturated heterocycles. The summed E-state index contributed by atoms with van der Waals surface area (Å²) in [4.78, 5) is 0. The van der Waals surface area contributed by atoms with E-state index in [9.17, 15) is 0 Å². The van der Waals surface area contributed by atoms with Gasteiger partial charge < -0.3 is 5.32 Å². The van der Waals surface area contributed by atoms with Crippen LogP contribution in [-0.2, 0) is 5.66 Å². The number of fused-ring (bicyclic) bond motifs is 1. The Morgan fingerprint density at radius 2 is 1.35 bits per heavy atom. The molecule has 0 aromatic heterocycles. The van der Waals surface area contributed by atoms with Gasteiger partial charge in [-0.15, -0.1) is 0 Å². The molecule has 0 saturated carbocycles. The second-order valence-corrected chi connectivity index (χ2v) is 6.19. The third-order valence-electron chi connectivity index (χ3n) is 4.57. The average molecular weight is 300 g/mol. The normalized spacial score (nSPS) is 22.9. The first kappa shape index (κ1) is 14.0. The molecule has 1 aliphatic rings. The van der Waals surface area contributed by atoms with Crippen LogP contribution >= 0.6 is 0 Å². The minimum Gasteiger partial charge on any atom is -0.363 e. The van der Waals surface area contributed by atoms with E-state index < -0.39 is 0 Å². The molecule has 1 heterocycles. The SMILES string of the molecule is C[C@@]1(c2ccccc2)Nc2ccccc2[C@@H](c2ccccc2)N1. The van der Waals surface area contributed by atoms with Crippen molar-refractivity contribution in [1.29, 1.82) is 0 Å². The van der Waals surface area contributed by atoms with Crippen LogP contribution in [0.2, 0.25) is 0 Å². The van der Waals surface area contributed by atoms with Gasteiger partial charge in [-0.2, -0.15) is 0 Å². The zero-order valence-corrected chi connectivity index (χ0v) is 13.2. The van der Waals surface area contributed by atoms with Gasteiger partial charge >= 0.3 is 0 Å². The Balaban J connectivity index is 1.83. The van der Waals surface area contributed by atoms with Crippen molar-refractivity contribution in [3.63, 3.8) is 0 Å². The Morgan fingerprint density at radius 3 is 2.09 bits per heavy atom. The maximum atomic E-state index is 3.81. The number of rotatable bonds is 2. The van der Waals surface area contributed by atoms with Crippen molar-refractivity contribution in [2.24, 2.45) is 0 Å². The first-order valence-corrected chi connectivity index (χ1v) is 8.01. The quantitative estimate of drug-likeness (QED) is 0.719. The lowest BCUT2D eigenvalue weighted by Gasteiger charge is -2.43. The van der Waals surface area contributed by atoms with E-state index in [2.05, 4.69) is 102 Å². The van der Waals surface area contributed by atoms with Gasteiger partial charge in [-0.3, -0.25) is 5.32 Å². The monoisotopic (exact) mass is 300 g/mol. The van der Waals surface area contributed by atoms with E-state index in [0.717, 1.165) is 0 Å². The van der Waals surface area contributed by atoms with Crippen molar-refractivity contribution in [2.45, 2.75) is 18.6 Å². The molecule has 4 rings (SSSR count). The molecule has 0 fully saturated rings. The van der Waals surface area contributed by atoms with Crippen LogP contribution in [0.15, 0.2) is 84.9 Å². The Morgan fingerprint density at radius 1 is 0.739 bits per heavy atom. The summed E-state index contributed by atoms with van der Waals surface area (Å²) >= 11 is 0. The van der Waals surface area contributed by atoms with Crippen LogP contribution in [0.1, 0.15) is 29.7 Å². The number of hydrogen-bond donors (Lipinski definition) is 2. The Labute approximate surface area is 137 Å². The summed E-state index contributed by atoms with van der Waals surface area (Å²) in [5.74, 6) is 0. The van der Waals surface area contributed by atoms with Gasteiger partial charge in [-0.25, -0.2) is 0 Å². The van der Waals surface area contributed by atoms with Crippen LogP contribution in [-0.4, -0.2) is 0 Å². The van der Waals surface area contributed by atoms with Crippen LogP contribution < -0.4 is 10.6 Å². The van der Waals surface area contributed by atoms with E-state index in [4.69, 9.17) is 0 Å². The van der Waals surface area contributed by atoms with E-state index in [0.29, 0.717) is 0 Å². The predicted octanol–water partition coefficient (Wildman–Crippen LogP) is 4.66. The zero-order chi connectivity index (χ0) is 15.7. The third-order valence-corrected chi connectivity index (χ3v) is 4.57. The lowest BCUT2D eigenvalue weighted by molar-refractivity contribution is 0.367. The lowest BCUT2D eigenvalue weighted by Crippen LogP contribution is -2.51. The molecule has 0 radical (unpaired) electrons. The zero-order valence-electron chi connectivity index (χ0n) is 13.2. The molecule has 1 aliphatic heterocycles. The van der Waals surface area contributed by atoms with Crippen molar-refractivity contribution in [1.82, 2.24) is 5.32 Å². The van der Waals surface area contributed by atoms with Crippen LogP contribution in [0.4, 0.5) is 5.69 Å². The number of para-hydroxylation sites is 1. The number of benzene rings is 3. The molecular formula is C21H20N2. The second kappa shape index (κ2) is 5.56. The fourth-order valence-corrected chi connectivity index (χ4v) is 3.37. The average Bonchev–Trinajstić information content (AvgIpc) is 2.62. The first-order chi connectivity index (χ1) is 11.3. The van der Waals surface area contributed by atoms with Crippen molar-refractivity contribution in [3.8, 4) is 0 Å². The standard InChI is InChI=1S/C21H20N2/c1-21(17-12-6-3-7-13-17)22-19-15-9-8-14-18(19)20(23-21)16-10-4-2-5-11-16/h2-15,20,22-23H,1H3/t20-,21-/m1/s1. The fraction of sp³-hybridized carbons (Fsp3) is 0.143. The maximum absolute atomic E-state index is 3.81. The molecule has 3 aromatic carbocycles. The van der Waals surface area contributed by atoms with Crippen LogP contribution in [0.5, 0.6) is 0 Å². The summed E-state index contributed by atoms with van der Waals surface area (Å²) in [6.07, 6.45) is 0. The highest BCUT2D eigenvalue weighted by Crippen LogP contribution is 2.39. The molecule has 3 aromatic rings. The van der Waals surface area contributed by atoms with Gasteiger partial charge in [0.25, 0.3) is 0 Å². The van der Waals surface area contributed by atoms with Gasteiger partial charge in [0, 0.05) is 5.69 Å². The summed E-state index contributed by atoms with van der Waals surface area (Å²) in [6.45, 7) is 2.20. The van der Waals surface area contributed by atoms with Gasteiger partial charge in [-0.1, -0.05) is 78.9 Å². The molecule has 0 bridgehead atoms. The van der Waals surface area contributed by atoms with E-state index in [1.165, 1.54) is 22.4 Å². The van der Waals surface area contributed by atoms with Gasteiger partial charge in [0.05, 0.1) is 6.04 Å². The highest BCUT2D eigenvalue weighted by molar-refractivity contribution is 5.60. The molecule has 114 valence electrons. The van der Waals surface area contributed by atoms with Crippen molar-refractivity contribution >= 4 is 5.69 Å². The topological polar surface area (TPSA) is 24.1 Å². The molecule has 2 atom stereocenters. The fourth-order valence-electron chi connectivity index (χ4n) is 3.37. The Bertz CT molecular complexity index is 798. The predicted molar refractivity (Wildman–Crippen MR) is 95.3 cm³/mol. The summed E-state index contributed by atoms with van der Waals surface area (Å²) < 4.78 is 0. The third kappa shape index (κ3) is 2.51.